The molecular formula is C22H21FN6O. The average molecular weight is 404 g/mol. The molecule has 0 radical (unpaired) electrons. The number of aromatic nitrogens is 5. The normalized spacial score (nSPS) is 12.8. The smallest absolute Gasteiger partial charge is 0.166 e. The summed E-state index contributed by atoms with van der Waals surface area (Å²) < 4.78 is 23.8. The van der Waals surface area contributed by atoms with Crippen molar-refractivity contribution in [2.24, 2.45) is 0 Å². The Labute approximate surface area is 172 Å². The molecule has 30 heavy (non-hydrogen) atoms. The van der Waals surface area contributed by atoms with E-state index in [9.17, 15) is 4.39 Å². The first-order chi connectivity index (χ1) is 14.5. The zero-order valence-corrected chi connectivity index (χ0v) is 16.8. The van der Waals surface area contributed by atoms with Gasteiger partial charge < -0.3 is 10.5 Å². The molecule has 0 unspecified atom stereocenters. The maximum absolute atomic E-state index is 14.0. The molecule has 0 aliphatic carbocycles. The molecule has 4 aromatic rings. The van der Waals surface area contributed by atoms with Crippen LogP contribution in [-0.4, -0.2) is 24.5 Å². The average Bonchev–Trinajstić information content (AvgIpc) is 3.30. The minimum absolute atomic E-state index is 0.140. The first kappa shape index (κ1) is 18.4. The van der Waals surface area contributed by atoms with E-state index in [1.807, 2.05) is 41.5 Å². The summed E-state index contributed by atoms with van der Waals surface area (Å²) in [4.78, 5) is 4.32. The minimum Gasteiger partial charge on any atom is -0.485 e. The lowest BCUT2D eigenvalue weighted by Crippen LogP contribution is -2.11. The molecule has 0 saturated heterocycles. The van der Waals surface area contributed by atoms with Gasteiger partial charge in [0.05, 0.1) is 23.3 Å². The molecule has 1 aliphatic heterocycles. The molecule has 0 atom stereocenters. The second-order valence-corrected chi connectivity index (χ2v) is 7.37. The molecule has 152 valence electrons. The van der Waals surface area contributed by atoms with Gasteiger partial charge in [0.1, 0.15) is 12.4 Å². The van der Waals surface area contributed by atoms with E-state index in [0.717, 1.165) is 40.4 Å². The molecule has 0 saturated carbocycles. The number of nitrogen functional groups attached to an aromatic ring is 1. The highest BCUT2D eigenvalue weighted by Gasteiger charge is 2.20. The van der Waals surface area contributed by atoms with Gasteiger partial charge in [-0.05, 0) is 44.2 Å². The molecule has 5 rings (SSSR count). The van der Waals surface area contributed by atoms with Crippen LogP contribution in [0.5, 0.6) is 5.75 Å². The highest BCUT2D eigenvalue weighted by Crippen LogP contribution is 2.33. The molecule has 0 fully saturated rings. The summed E-state index contributed by atoms with van der Waals surface area (Å²) in [7, 11) is 0. The van der Waals surface area contributed by atoms with E-state index in [1.165, 1.54) is 12.1 Å². The predicted octanol–water partition coefficient (Wildman–Crippen LogP) is 3.66. The lowest BCUT2D eigenvalue weighted by atomic mass is 10.0. The van der Waals surface area contributed by atoms with Crippen LogP contribution in [-0.2, 0) is 19.6 Å². The fourth-order valence-electron chi connectivity index (χ4n) is 3.94. The van der Waals surface area contributed by atoms with Crippen molar-refractivity contribution < 1.29 is 9.13 Å². The van der Waals surface area contributed by atoms with Crippen molar-refractivity contribution in [2.75, 3.05) is 5.73 Å². The summed E-state index contributed by atoms with van der Waals surface area (Å²) in [5.74, 6) is 0.407. The number of nitrogens with zero attached hydrogens (tertiary/aromatic N) is 5. The van der Waals surface area contributed by atoms with Crippen LogP contribution in [0.1, 0.15) is 29.4 Å². The number of hydrogen-bond acceptors (Lipinski definition) is 5. The molecule has 2 N–H and O–H groups in total. The summed E-state index contributed by atoms with van der Waals surface area (Å²) in [5.41, 5.74) is 12.3. The Balaban J connectivity index is 1.78. The van der Waals surface area contributed by atoms with Gasteiger partial charge in [0.2, 0.25) is 0 Å². The van der Waals surface area contributed by atoms with E-state index < -0.39 is 0 Å². The van der Waals surface area contributed by atoms with E-state index in [0.29, 0.717) is 17.7 Å². The Morgan fingerprint density at radius 1 is 1.17 bits per heavy atom. The number of hydrogen-bond donors (Lipinski definition) is 1. The van der Waals surface area contributed by atoms with Gasteiger partial charge in [0.15, 0.2) is 11.6 Å². The van der Waals surface area contributed by atoms with Gasteiger partial charge >= 0.3 is 0 Å². The summed E-state index contributed by atoms with van der Waals surface area (Å²) in [6, 6.07) is 8.54. The van der Waals surface area contributed by atoms with Crippen molar-refractivity contribution in [1.29, 1.82) is 0 Å². The Morgan fingerprint density at radius 2 is 2.03 bits per heavy atom. The first-order valence-corrected chi connectivity index (χ1v) is 9.81. The van der Waals surface area contributed by atoms with Gasteiger partial charge in [0.25, 0.3) is 0 Å². The second kappa shape index (κ2) is 6.98. The maximum atomic E-state index is 14.0. The SMILES string of the molecule is CCn1ncc2c1-c1cnc(N)c(c1)OCc1cc(F)ccc1-n1nc(C)cc1C2. The van der Waals surface area contributed by atoms with Crippen molar-refractivity contribution in [3.05, 3.63) is 71.1 Å². The Kier molecular flexibility index (Phi) is 4.27. The van der Waals surface area contributed by atoms with Crippen molar-refractivity contribution in [3.63, 3.8) is 0 Å². The molecular weight excluding hydrogens is 383 g/mol. The number of pyridine rings is 1. The van der Waals surface area contributed by atoms with Crippen LogP contribution < -0.4 is 10.5 Å². The van der Waals surface area contributed by atoms with Crippen molar-refractivity contribution >= 4 is 5.82 Å². The van der Waals surface area contributed by atoms with E-state index in [2.05, 4.69) is 15.2 Å². The molecule has 0 amide bonds. The summed E-state index contributed by atoms with van der Waals surface area (Å²) >= 11 is 0. The third kappa shape index (κ3) is 3.01. The predicted molar refractivity (Wildman–Crippen MR) is 111 cm³/mol. The van der Waals surface area contributed by atoms with Crippen molar-refractivity contribution in [1.82, 2.24) is 24.5 Å². The summed E-state index contributed by atoms with van der Waals surface area (Å²) in [6.45, 7) is 4.85. The zero-order valence-electron chi connectivity index (χ0n) is 16.8. The molecule has 0 spiro atoms. The van der Waals surface area contributed by atoms with Crippen LogP contribution in [0.25, 0.3) is 16.9 Å². The van der Waals surface area contributed by atoms with Crippen LogP contribution >= 0.6 is 0 Å². The lowest BCUT2D eigenvalue weighted by molar-refractivity contribution is 0.305. The highest BCUT2D eigenvalue weighted by atomic mass is 19.1. The zero-order chi connectivity index (χ0) is 20.8. The fourth-order valence-corrected chi connectivity index (χ4v) is 3.94. The Bertz CT molecular complexity index is 1260. The van der Waals surface area contributed by atoms with Crippen molar-refractivity contribution in [3.8, 4) is 22.7 Å². The molecule has 1 aliphatic rings. The number of nitrogens with two attached hydrogens (primary N) is 1. The molecule has 1 aromatic carbocycles. The summed E-state index contributed by atoms with van der Waals surface area (Å²) in [6.07, 6.45) is 4.23. The molecule has 2 bridgehead atoms. The number of halogens is 1. The molecule has 8 heteroatoms. The van der Waals surface area contributed by atoms with Gasteiger partial charge in [-0.3, -0.25) is 4.68 Å². The van der Waals surface area contributed by atoms with Crippen LogP contribution in [0.4, 0.5) is 10.2 Å². The topological polar surface area (TPSA) is 83.8 Å². The van der Waals surface area contributed by atoms with Crippen LogP contribution in [0.3, 0.4) is 0 Å². The van der Waals surface area contributed by atoms with E-state index in [1.54, 1.807) is 12.3 Å². The minimum atomic E-state index is -0.332. The van der Waals surface area contributed by atoms with E-state index in [4.69, 9.17) is 10.5 Å². The van der Waals surface area contributed by atoms with Crippen LogP contribution in [0, 0.1) is 12.7 Å². The quantitative estimate of drug-likeness (QED) is 0.523. The van der Waals surface area contributed by atoms with Crippen LogP contribution in [0.2, 0.25) is 0 Å². The third-order valence-electron chi connectivity index (χ3n) is 5.30. The molecule has 3 aromatic heterocycles. The fraction of sp³-hybridized carbons (Fsp3) is 0.227. The molecule has 7 nitrogen and oxygen atoms in total. The number of ether oxygens (including phenoxy) is 1. The van der Waals surface area contributed by atoms with Gasteiger partial charge in [-0.2, -0.15) is 10.2 Å². The van der Waals surface area contributed by atoms with Crippen LogP contribution in [0.15, 0.2) is 42.7 Å². The summed E-state index contributed by atoms with van der Waals surface area (Å²) in [5, 5.41) is 9.23. The number of fused-ring (bicyclic) bond motifs is 7. The van der Waals surface area contributed by atoms with Gasteiger partial charge in [0, 0.05) is 41.5 Å². The number of rotatable bonds is 1. The van der Waals surface area contributed by atoms with Crippen molar-refractivity contribution in [2.45, 2.75) is 33.4 Å². The number of benzene rings is 1. The lowest BCUT2D eigenvalue weighted by Gasteiger charge is -2.17. The third-order valence-corrected chi connectivity index (χ3v) is 5.30. The van der Waals surface area contributed by atoms with Gasteiger partial charge in [-0.1, -0.05) is 0 Å². The van der Waals surface area contributed by atoms with E-state index >= 15 is 0 Å². The van der Waals surface area contributed by atoms with E-state index in [-0.39, 0.29) is 18.2 Å². The van der Waals surface area contributed by atoms with Gasteiger partial charge in [-0.25, -0.2) is 14.1 Å². The second-order valence-electron chi connectivity index (χ2n) is 7.37. The first-order valence-electron chi connectivity index (χ1n) is 9.81. The standard InChI is InChI=1S/C22H21FN6O/c1-3-28-21-14(11-26-28)8-18-6-13(2)27-29(18)19-5-4-17(23)7-16(19)12-30-20-9-15(21)10-25-22(20)24/h4-7,9-11H,3,8,12H2,1-2H3,(H2,24,25). The van der Waals surface area contributed by atoms with Gasteiger partial charge in [-0.15, -0.1) is 0 Å². The number of anilines is 1. The largest absolute Gasteiger partial charge is 0.485 e. The molecule has 4 heterocycles. The maximum Gasteiger partial charge on any atom is 0.166 e. The Hall–Kier alpha value is -3.68. The Morgan fingerprint density at radius 3 is 2.87 bits per heavy atom. The monoisotopic (exact) mass is 404 g/mol. The highest BCUT2D eigenvalue weighted by molar-refractivity contribution is 5.67. The number of aryl methyl sites for hydroxylation is 2.